The summed E-state index contributed by atoms with van der Waals surface area (Å²) in [4.78, 5) is 4.48. The van der Waals surface area contributed by atoms with E-state index in [2.05, 4.69) is 17.0 Å². The highest BCUT2D eigenvalue weighted by molar-refractivity contribution is 5.77. The van der Waals surface area contributed by atoms with Crippen molar-refractivity contribution in [2.24, 2.45) is 7.05 Å². The van der Waals surface area contributed by atoms with Gasteiger partial charge in [0.2, 0.25) is 5.95 Å². The number of rotatable bonds is 4. The quantitative estimate of drug-likeness (QED) is 0.907. The van der Waals surface area contributed by atoms with Gasteiger partial charge >= 0.3 is 0 Å². The molecule has 1 aliphatic carbocycles. The van der Waals surface area contributed by atoms with Gasteiger partial charge in [0.1, 0.15) is 5.52 Å². The minimum absolute atomic E-state index is 0.0710. The number of anilines is 1. The number of ether oxygens (including phenoxy) is 1. The lowest BCUT2D eigenvalue weighted by atomic mass is 9.80. The van der Waals surface area contributed by atoms with Crippen LogP contribution < -0.4 is 5.73 Å². The molecule has 2 aromatic heterocycles. The largest absolute Gasteiger partial charge is 0.376 e. The molecule has 0 aromatic carbocycles. The summed E-state index contributed by atoms with van der Waals surface area (Å²) in [6.45, 7) is 2.84. The van der Waals surface area contributed by atoms with Gasteiger partial charge in [-0.1, -0.05) is 6.92 Å². The SMILES string of the molecule is CCc1nn(C)c2c1nc(N)n2CC1(OC)CCC1. The summed E-state index contributed by atoms with van der Waals surface area (Å²) >= 11 is 0. The van der Waals surface area contributed by atoms with Crippen LogP contribution in [0, 0.1) is 0 Å². The van der Waals surface area contributed by atoms with E-state index in [-0.39, 0.29) is 5.60 Å². The predicted molar refractivity (Wildman–Crippen MR) is 73.9 cm³/mol. The molecule has 6 nitrogen and oxygen atoms in total. The van der Waals surface area contributed by atoms with Gasteiger partial charge in [-0.2, -0.15) is 5.10 Å². The lowest BCUT2D eigenvalue weighted by Crippen LogP contribution is -2.43. The molecular formula is C13H21N5O. The van der Waals surface area contributed by atoms with Crippen molar-refractivity contribution < 1.29 is 4.74 Å². The van der Waals surface area contributed by atoms with E-state index in [0.717, 1.165) is 42.7 Å². The number of nitrogen functional groups attached to an aromatic ring is 1. The number of imidazole rings is 1. The Labute approximate surface area is 112 Å². The molecule has 6 heteroatoms. The van der Waals surface area contributed by atoms with Crippen LogP contribution in [0.25, 0.3) is 11.2 Å². The third-order valence-electron chi connectivity index (χ3n) is 4.30. The second-order valence-electron chi connectivity index (χ2n) is 5.39. The Morgan fingerprint density at radius 2 is 2.16 bits per heavy atom. The lowest BCUT2D eigenvalue weighted by Gasteiger charge is -2.40. The summed E-state index contributed by atoms with van der Waals surface area (Å²) in [6.07, 6.45) is 4.25. The lowest BCUT2D eigenvalue weighted by molar-refractivity contribution is -0.0826. The van der Waals surface area contributed by atoms with Gasteiger partial charge in [-0.25, -0.2) is 4.98 Å². The van der Waals surface area contributed by atoms with Crippen LogP contribution >= 0.6 is 0 Å². The Morgan fingerprint density at radius 1 is 1.42 bits per heavy atom. The van der Waals surface area contributed by atoms with Crippen molar-refractivity contribution in [2.75, 3.05) is 12.8 Å². The smallest absolute Gasteiger partial charge is 0.202 e. The molecule has 0 radical (unpaired) electrons. The summed E-state index contributed by atoms with van der Waals surface area (Å²) in [5.74, 6) is 0.557. The molecule has 104 valence electrons. The van der Waals surface area contributed by atoms with E-state index in [0.29, 0.717) is 5.95 Å². The summed E-state index contributed by atoms with van der Waals surface area (Å²) in [5, 5.41) is 4.51. The van der Waals surface area contributed by atoms with Crippen LogP contribution in [0.5, 0.6) is 0 Å². The Balaban J connectivity index is 2.07. The van der Waals surface area contributed by atoms with Crippen LogP contribution in [-0.4, -0.2) is 32.0 Å². The van der Waals surface area contributed by atoms with Crippen molar-refractivity contribution in [1.29, 1.82) is 0 Å². The third kappa shape index (κ3) is 1.74. The second-order valence-corrected chi connectivity index (χ2v) is 5.39. The molecule has 1 saturated carbocycles. The third-order valence-corrected chi connectivity index (χ3v) is 4.30. The van der Waals surface area contributed by atoms with Gasteiger partial charge in [-0.05, 0) is 25.7 Å². The van der Waals surface area contributed by atoms with Crippen LogP contribution in [0.1, 0.15) is 31.9 Å². The molecule has 1 aliphatic rings. The standard InChI is InChI=1S/C13H21N5O/c1-4-9-10-11(17(2)16-9)18(12(14)15-10)8-13(19-3)6-5-7-13/h4-8H2,1-3H3,(H2,14,15). The average Bonchev–Trinajstić information content (AvgIpc) is 2.82. The summed E-state index contributed by atoms with van der Waals surface area (Å²) in [6, 6.07) is 0. The molecule has 2 N–H and O–H groups in total. The molecule has 0 saturated heterocycles. The van der Waals surface area contributed by atoms with Crippen molar-refractivity contribution in [1.82, 2.24) is 19.3 Å². The number of nitrogens with zero attached hydrogens (tertiary/aromatic N) is 4. The van der Waals surface area contributed by atoms with Gasteiger partial charge in [0.05, 0.1) is 17.8 Å². The molecule has 0 unspecified atom stereocenters. The van der Waals surface area contributed by atoms with E-state index >= 15 is 0 Å². The summed E-state index contributed by atoms with van der Waals surface area (Å²) in [7, 11) is 3.73. The topological polar surface area (TPSA) is 70.9 Å². The van der Waals surface area contributed by atoms with Gasteiger partial charge in [0, 0.05) is 14.2 Å². The Hall–Kier alpha value is -1.56. The molecule has 2 heterocycles. The Morgan fingerprint density at radius 3 is 2.68 bits per heavy atom. The molecule has 0 spiro atoms. The van der Waals surface area contributed by atoms with Crippen molar-refractivity contribution in [3.8, 4) is 0 Å². The van der Waals surface area contributed by atoms with Crippen molar-refractivity contribution >= 4 is 17.1 Å². The summed E-state index contributed by atoms with van der Waals surface area (Å²) in [5.41, 5.74) is 8.94. The van der Waals surface area contributed by atoms with E-state index in [1.165, 1.54) is 6.42 Å². The zero-order valence-corrected chi connectivity index (χ0v) is 11.8. The highest BCUT2D eigenvalue weighted by atomic mass is 16.5. The van der Waals surface area contributed by atoms with E-state index in [1.54, 1.807) is 7.11 Å². The highest BCUT2D eigenvalue weighted by Gasteiger charge is 2.38. The first-order chi connectivity index (χ1) is 9.10. The number of fused-ring (bicyclic) bond motifs is 1. The van der Waals surface area contributed by atoms with Gasteiger partial charge in [-0.15, -0.1) is 0 Å². The number of methoxy groups -OCH3 is 1. The van der Waals surface area contributed by atoms with Gasteiger partial charge in [0.25, 0.3) is 0 Å². The van der Waals surface area contributed by atoms with E-state index in [4.69, 9.17) is 10.5 Å². The average molecular weight is 263 g/mol. The molecule has 0 amide bonds. The first kappa shape index (κ1) is 12.5. The Bertz CT molecular complexity index is 603. The minimum Gasteiger partial charge on any atom is -0.376 e. The molecule has 0 bridgehead atoms. The number of aromatic nitrogens is 4. The van der Waals surface area contributed by atoms with Crippen LogP contribution in [0.15, 0.2) is 0 Å². The number of aryl methyl sites for hydroxylation is 2. The van der Waals surface area contributed by atoms with Crippen LogP contribution in [0.4, 0.5) is 5.95 Å². The van der Waals surface area contributed by atoms with Crippen LogP contribution in [0.3, 0.4) is 0 Å². The van der Waals surface area contributed by atoms with Crippen molar-refractivity contribution in [3.63, 3.8) is 0 Å². The maximum Gasteiger partial charge on any atom is 0.202 e. The molecule has 0 atom stereocenters. The normalized spacial score (nSPS) is 17.8. The predicted octanol–water partition coefficient (Wildman–Crippen LogP) is 1.48. The molecule has 3 rings (SSSR count). The van der Waals surface area contributed by atoms with Crippen molar-refractivity contribution in [2.45, 2.75) is 44.8 Å². The fourth-order valence-corrected chi connectivity index (χ4v) is 2.94. The van der Waals surface area contributed by atoms with Crippen LogP contribution in [-0.2, 0) is 24.8 Å². The minimum atomic E-state index is -0.0710. The fourth-order valence-electron chi connectivity index (χ4n) is 2.94. The summed E-state index contributed by atoms with van der Waals surface area (Å²) < 4.78 is 9.61. The molecule has 19 heavy (non-hydrogen) atoms. The molecule has 2 aromatic rings. The number of nitrogens with two attached hydrogens (primary N) is 1. The maximum absolute atomic E-state index is 6.09. The zero-order chi connectivity index (χ0) is 13.6. The first-order valence-electron chi connectivity index (χ1n) is 6.83. The second kappa shape index (κ2) is 4.23. The zero-order valence-electron chi connectivity index (χ0n) is 11.8. The monoisotopic (exact) mass is 263 g/mol. The number of hydrogen-bond donors (Lipinski definition) is 1. The maximum atomic E-state index is 6.09. The van der Waals surface area contributed by atoms with Crippen molar-refractivity contribution in [3.05, 3.63) is 5.69 Å². The van der Waals surface area contributed by atoms with E-state index in [9.17, 15) is 0 Å². The van der Waals surface area contributed by atoms with Gasteiger partial charge in [0.15, 0.2) is 5.65 Å². The van der Waals surface area contributed by atoms with Gasteiger partial charge < -0.3 is 10.5 Å². The van der Waals surface area contributed by atoms with E-state index in [1.807, 2.05) is 16.3 Å². The fraction of sp³-hybridized carbons (Fsp3) is 0.692. The number of hydrogen-bond acceptors (Lipinski definition) is 4. The first-order valence-corrected chi connectivity index (χ1v) is 6.83. The van der Waals surface area contributed by atoms with Gasteiger partial charge in [-0.3, -0.25) is 9.25 Å². The van der Waals surface area contributed by atoms with E-state index < -0.39 is 0 Å². The molecular weight excluding hydrogens is 242 g/mol. The van der Waals surface area contributed by atoms with Crippen LogP contribution in [0.2, 0.25) is 0 Å². The molecule has 0 aliphatic heterocycles. The molecule has 1 fully saturated rings. The highest BCUT2D eigenvalue weighted by Crippen LogP contribution is 2.38. The Kier molecular flexibility index (Phi) is 2.78.